The lowest BCUT2D eigenvalue weighted by Crippen LogP contribution is -2.32. The maximum atomic E-state index is 6.13. The summed E-state index contributed by atoms with van der Waals surface area (Å²) in [6.07, 6.45) is 0. The average Bonchev–Trinajstić information content (AvgIpc) is 3.89. The molecule has 0 fully saturated rings. The monoisotopic (exact) mass is 894 g/mol. The lowest BCUT2D eigenvalue weighted by molar-refractivity contribution is 0.713. The molecule has 4 heteroatoms. The standard InChI is InChI=1S/C66H46N4/c1-9-25-47(26-10-1)65(48-27-11-2-12-28-48)59-45-55(69(51-33-17-5-18-34-51)52-35-19-6-20-36-52)41-43-57(59)61-63(65)67-62-58-44-42-56(70(53-37-21-7-22-38-53)54-39-23-8-24-40-54)46-60(58)66(64(62)68-61,49-29-13-3-14-30-49)50-31-15-4-16-32-50/h1-46H. The number of hydrogen-bond acceptors (Lipinski definition) is 4. The molecule has 0 spiro atoms. The van der Waals surface area contributed by atoms with E-state index in [4.69, 9.17) is 9.97 Å². The van der Waals surface area contributed by atoms with Gasteiger partial charge < -0.3 is 9.80 Å². The van der Waals surface area contributed by atoms with Crippen LogP contribution in [0.5, 0.6) is 0 Å². The summed E-state index contributed by atoms with van der Waals surface area (Å²) < 4.78 is 0. The van der Waals surface area contributed by atoms with Crippen molar-refractivity contribution in [3.8, 4) is 22.5 Å². The molecule has 1 heterocycles. The van der Waals surface area contributed by atoms with Gasteiger partial charge in [-0.2, -0.15) is 0 Å². The van der Waals surface area contributed by atoms with E-state index in [-0.39, 0.29) is 0 Å². The van der Waals surface area contributed by atoms with E-state index in [0.29, 0.717) is 0 Å². The van der Waals surface area contributed by atoms with Crippen LogP contribution in [0.2, 0.25) is 0 Å². The molecule has 0 radical (unpaired) electrons. The van der Waals surface area contributed by atoms with Crippen LogP contribution in [0, 0.1) is 0 Å². The van der Waals surface area contributed by atoms with E-state index in [2.05, 4.69) is 289 Å². The summed E-state index contributed by atoms with van der Waals surface area (Å²) in [6.45, 7) is 0. The van der Waals surface area contributed by atoms with Crippen molar-refractivity contribution in [2.24, 2.45) is 0 Å². The van der Waals surface area contributed by atoms with Crippen molar-refractivity contribution >= 4 is 34.1 Å². The van der Waals surface area contributed by atoms with Crippen LogP contribution >= 0.6 is 0 Å². The van der Waals surface area contributed by atoms with Gasteiger partial charge in [-0.1, -0.05) is 206 Å². The van der Waals surface area contributed by atoms with Crippen LogP contribution in [0.4, 0.5) is 34.1 Å². The highest BCUT2D eigenvalue weighted by Crippen LogP contribution is 2.61. The maximum Gasteiger partial charge on any atom is 0.0941 e. The number of rotatable bonds is 10. The molecule has 0 atom stereocenters. The van der Waals surface area contributed by atoms with Crippen molar-refractivity contribution in [3.05, 3.63) is 324 Å². The SMILES string of the molecule is c1ccc(N(c2ccccc2)c2ccc3c(c2)C(c2ccccc2)(c2ccccc2)c2nc4c(nc2-3)C(c2ccccc2)(c2ccccc2)c2cc(N(c3ccccc3)c3ccccc3)ccc2-4)cc1. The Morgan fingerprint density at radius 2 is 0.486 bits per heavy atom. The van der Waals surface area contributed by atoms with Gasteiger partial charge in [0, 0.05) is 45.3 Å². The Bertz CT molecular complexity index is 3220. The third-order valence-corrected chi connectivity index (χ3v) is 14.3. The molecule has 10 aromatic carbocycles. The molecule has 0 amide bonds. The van der Waals surface area contributed by atoms with Gasteiger partial charge in [-0.05, 0) is 106 Å². The van der Waals surface area contributed by atoms with Crippen LogP contribution in [-0.2, 0) is 10.8 Å². The lowest BCUT2D eigenvalue weighted by Gasteiger charge is -2.34. The minimum Gasteiger partial charge on any atom is -0.310 e. The maximum absolute atomic E-state index is 6.13. The van der Waals surface area contributed by atoms with E-state index in [1.54, 1.807) is 0 Å². The largest absolute Gasteiger partial charge is 0.310 e. The van der Waals surface area contributed by atoms with Gasteiger partial charge in [-0.25, -0.2) is 9.97 Å². The number of aromatic nitrogens is 2. The van der Waals surface area contributed by atoms with Crippen LogP contribution in [0.25, 0.3) is 22.5 Å². The molecule has 0 N–H and O–H groups in total. The molecule has 13 rings (SSSR count). The third-order valence-electron chi connectivity index (χ3n) is 14.3. The molecule has 2 aliphatic carbocycles. The van der Waals surface area contributed by atoms with E-state index in [9.17, 15) is 0 Å². The van der Waals surface area contributed by atoms with Gasteiger partial charge >= 0.3 is 0 Å². The zero-order valence-electron chi connectivity index (χ0n) is 38.3. The first-order chi connectivity index (χ1) is 34.7. The number of benzene rings is 10. The fourth-order valence-electron chi connectivity index (χ4n) is 11.4. The van der Waals surface area contributed by atoms with Gasteiger partial charge in [0.15, 0.2) is 0 Å². The molecule has 0 bridgehead atoms. The van der Waals surface area contributed by atoms with Gasteiger partial charge in [-0.15, -0.1) is 0 Å². The molecular formula is C66H46N4. The van der Waals surface area contributed by atoms with Crippen molar-refractivity contribution in [3.63, 3.8) is 0 Å². The molecular weight excluding hydrogens is 849 g/mol. The summed E-state index contributed by atoms with van der Waals surface area (Å²) in [5.41, 5.74) is 17.3. The van der Waals surface area contributed by atoms with Crippen molar-refractivity contribution in [1.82, 2.24) is 9.97 Å². The second-order valence-corrected chi connectivity index (χ2v) is 18.1. The minimum atomic E-state index is -0.827. The quantitative estimate of drug-likeness (QED) is 0.137. The van der Waals surface area contributed by atoms with Crippen LogP contribution in [0.1, 0.15) is 44.8 Å². The predicted octanol–water partition coefficient (Wildman–Crippen LogP) is 16.1. The molecule has 2 aliphatic rings. The van der Waals surface area contributed by atoms with Crippen LogP contribution in [0.3, 0.4) is 0 Å². The van der Waals surface area contributed by atoms with Crippen molar-refractivity contribution in [1.29, 1.82) is 0 Å². The van der Waals surface area contributed by atoms with E-state index in [1.807, 2.05) is 0 Å². The summed E-state index contributed by atoms with van der Waals surface area (Å²) in [4.78, 5) is 17.0. The Hall–Kier alpha value is -9.12. The summed E-state index contributed by atoms with van der Waals surface area (Å²) in [7, 11) is 0. The van der Waals surface area contributed by atoms with E-state index >= 15 is 0 Å². The molecule has 0 saturated heterocycles. The minimum absolute atomic E-state index is 0.827. The second kappa shape index (κ2) is 16.9. The van der Waals surface area contributed by atoms with Gasteiger partial charge in [0.25, 0.3) is 0 Å². The highest BCUT2D eigenvalue weighted by Gasteiger charge is 2.54. The fourth-order valence-corrected chi connectivity index (χ4v) is 11.4. The topological polar surface area (TPSA) is 32.3 Å². The highest BCUT2D eigenvalue weighted by atomic mass is 15.1. The zero-order chi connectivity index (χ0) is 46.5. The molecule has 70 heavy (non-hydrogen) atoms. The van der Waals surface area contributed by atoms with Crippen LogP contribution in [-0.4, -0.2) is 9.97 Å². The van der Waals surface area contributed by atoms with Crippen molar-refractivity contribution in [2.75, 3.05) is 9.80 Å². The first kappa shape index (κ1) is 41.1. The fraction of sp³-hybridized carbons (Fsp3) is 0.0303. The van der Waals surface area contributed by atoms with Gasteiger partial charge in [-0.3, -0.25) is 0 Å². The molecule has 0 saturated carbocycles. The number of nitrogens with zero attached hydrogens (tertiary/aromatic N) is 4. The number of fused-ring (bicyclic) bond motifs is 6. The van der Waals surface area contributed by atoms with E-state index in [0.717, 1.165) is 101 Å². The Balaban J connectivity index is 1.13. The molecule has 4 nitrogen and oxygen atoms in total. The molecule has 1 aromatic heterocycles. The lowest BCUT2D eigenvalue weighted by atomic mass is 9.69. The smallest absolute Gasteiger partial charge is 0.0941 e. The Morgan fingerprint density at radius 3 is 0.743 bits per heavy atom. The van der Waals surface area contributed by atoms with Crippen LogP contribution < -0.4 is 9.80 Å². The molecule has 330 valence electrons. The molecule has 0 aliphatic heterocycles. The molecule has 11 aromatic rings. The Morgan fingerprint density at radius 1 is 0.243 bits per heavy atom. The summed E-state index contributed by atoms with van der Waals surface area (Å²) in [5.74, 6) is 0. The summed E-state index contributed by atoms with van der Waals surface area (Å²) in [5, 5.41) is 0. The summed E-state index contributed by atoms with van der Waals surface area (Å²) in [6, 6.07) is 100. The van der Waals surface area contributed by atoms with Crippen LogP contribution in [0.15, 0.2) is 279 Å². The third kappa shape index (κ3) is 6.30. The van der Waals surface area contributed by atoms with E-state index in [1.165, 1.54) is 0 Å². The van der Waals surface area contributed by atoms with Gasteiger partial charge in [0.05, 0.1) is 33.6 Å². The first-order valence-electron chi connectivity index (χ1n) is 24.0. The Kier molecular flexibility index (Phi) is 9.91. The van der Waals surface area contributed by atoms with Gasteiger partial charge in [0.1, 0.15) is 0 Å². The van der Waals surface area contributed by atoms with E-state index < -0.39 is 10.8 Å². The van der Waals surface area contributed by atoms with Crippen molar-refractivity contribution < 1.29 is 0 Å². The number of anilines is 6. The second-order valence-electron chi connectivity index (χ2n) is 18.1. The first-order valence-corrected chi connectivity index (χ1v) is 24.0. The average molecular weight is 895 g/mol. The molecule has 0 unspecified atom stereocenters. The number of para-hydroxylation sites is 4. The van der Waals surface area contributed by atoms with Crippen molar-refractivity contribution in [2.45, 2.75) is 10.8 Å². The highest BCUT2D eigenvalue weighted by molar-refractivity contribution is 5.92. The predicted molar refractivity (Wildman–Crippen MR) is 286 cm³/mol. The zero-order valence-corrected chi connectivity index (χ0v) is 38.3. The number of hydrogen-bond donors (Lipinski definition) is 0. The Labute approximate surface area is 409 Å². The van der Waals surface area contributed by atoms with Gasteiger partial charge in [0.2, 0.25) is 0 Å². The normalized spacial score (nSPS) is 13.4. The summed E-state index contributed by atoms with van der Waals surface area (Å²) >= 11 is 0.